The third kappa shape index (κ3) is 2.87. The first kappa shape index (κ1) is 8.17. The molecule has 1 N–H and O–H groups in total. The van der Waals surface area contributed by atoms with E-state index in [0.717, 1.165) is 0 Å². The third-order valence-corrected chi connectivity index (χ3v) is 0.817. The van der Waals surface area contributed by atoms with Crippen molar-refractivity contribution in [2.45, 2.75) is 13.0 Å². The van der Waals surface area contributed by atoms with Crippen molar-refractivity contribution >= 4 is 5.97 Å². The Kier molecular flexibility index (Phi) is 3.71. The maximum atomic E-state index is 10.4. The minimum atomic E-state index is -1.11. The lowest BCUT2D eigenvalue weighted by molar-refractivity contribution is -0.147. The van der Waals surface area contributed by atoms with Crippen molar-refractivity contribution in [1.29, 1.82) is 0 Å². The van der Waals surface area contributed by atoms with Gasteiger partial charge in [0.05, 0.1) is 7.11 Å². The molecule has 0 rings (SSSR count). The fraction of sp³-hybridized carbons (Fsp3) is 0.500. The van der Waals surface area contributed by atoms with E-state index in [2.05, 4.69) is 4.74 Å². The Balaban J connectivity index is 3.72. The minimum Gasteiger partial charge on any atom is -0.467 e. The van der Waals surface area contributed by atoms with Crippen LogP contribution in [-0.4, -0.2) is 24.3 Å². The van der Waals surface area contributed by atoms with Gasteiger partial charge in [-0.2, -0.15) is 0 Å². The van der Waals surface area contributed by atoms with Crippen LogP contribution in [0, 0.1) is 0 Å². The average molecular weight is 130 g/mol. The smallest absolute Gasteiger partial charge is 0.338 e. The van der Waals surface area contributed by atoms with E-state index >= 15 is 0 Å². The standard InChI is InChI=1S/C6H10O3/c1-3-4-5(7)6(8)9-2/h3-5,7H,1-2H3/b4-3+/t5-/m1/s1. The molecule has 0 aromatic heterocycles. The third-order valence-electron chi connectivity index (χ3n) is 0.817. The summed E-state index contributed by atoms with van der Waals surface area (Å²) in [5.74, 6) is -0.631. The summed E-state index contributed by atoms with van der Waals surface area (Å²) in [6, 6.07) is 0. The Morgan fingerprint density at radius 3 is 2.67 bits per heavy atom. The highest BCUT2D eigenvalue weighted by Gasteiger charge is 2.08. The molecule has 0 amide bonds. The van der Waals surface area contributed by atoms with Gasteiger partial charge < -0.3 is 9.84 Å². The predicted molar refractivity (Wildman–Crippen MR) is 32.8 cm³/mol. The predicted octanol–water partition coefficient (Wildman–Crippen LogP) is 0.0964. The normalized spacial score (nSPS) is 13.7. The number of hydrogen-bond acceptors (Lipinski definition) is 3. The van der Waals surface area contributed by atoms with E-state index in [1.165, 1.54) is 13.2 Å². The van der Waals surface area contributed by atoms with Crippen LogP contribution in [0.15, 0.2) is 12.2 Å². The first-order valence-corrected chi connectivity index (χ1v) is 2.61. The summed E-state index contributed by atoms with van der Waals surface area (Å²) < 4.78 is 4.22. The number of carbonyl (C=O) groups is 1. The van der Waals surface area contributed by atoms with Crippen LogP contribution in [0.3, 0.4) is 0 Å². The van der Waals surface area contributed by atoms with E-state index in [-0.39, 0.29) is 0 Å². The molecule has 0 bridgehead atoms. The summed E-state index contributed by atoms with van der Waals surface area (Å²) in [5.41, 5.74) is 0. The van der Waals surface area contributed by atoms with Crippen molar-refractivity contribution in [3.05, 3.63) is 12.2 Å². The van der Waals surface area contributed by atoms with Crippen LogP contribution in [0.25, 0.3) is 0 Å². The Morgan fingerprint density at radius 2 is 2.33 bits per heavy atom. The van der Waals surface area contributed by atoms with Crippen molar-refractivity contribution in [3.63, 3.8) is 0 Å². The van der Waals surface area contributed by atoms with Gasteiger partial charge in [0.1, 0.15) is 0 Å². The van der Waals surface area contributed by atoms with Crippen molar-refractivity contribution < 1.29 is 14.6 Å². The zero-order chi connectivity index (χ0) is 7.28. The number of methoxy groups -OCH3 is 1. The molecule has 52 valence electrons. The van der Waals surface area contributed by atoms with Crippen LogP contribution in [0.4, 0.5) is 0 Å². The van der Waals surface area contributed by atoms with Crippen LogP contribution in [0.1, 0.15) is 6.92 Å². The Morgan fingerprint density at radius 1 is 1.78 bits per heavy atom. The van der Waals surface area contributed by atoms with Crippen LogP contribution >= 0.6 is 0 Å². The lowest BCUT2D eigenvalue weighted by atomic mass is 10.3. The number of hydrogen-bond donors (Lipinski definition) is 1. The summed E-state index contributed by atoms with van der Waals surface area (Å²) in [7, 11) is 1.23. The van der Waals surface area contributed by atoms with Crippen LogP contribution < -0.4 is 0 Å². The highest BCUT2D eigenvalue weighted by Crippen LogP contribution is 1.87. The molecule has 0 heterocycles. The molecule has 9 heavy (non-hydrogen) atoms. The van der Waals surface area contributed by atoms with Crippen LogP contribution in [0.2, 0.25) is 0 Å². The topological polar surface area (TPSA) is 46.5 Å². The molecular formula is C6H10O3. The molecule has 0 radical (unpaired) electrons. The number of allylic oxidation sites excluding steroid dienone is 1. The van der Waals surface area contributed by atoms with Gasteiger partial charge >= 0.3 is 5.97 Å². The van der Waals surface area contributed by atoms with Gasteiger partial charge in [0.15, 0.2) is 6.10 Å². The first-order valence-electron chi connectivity index (χ1n) is 2.61. The second kappa shape index (κ2) is 4.09. The largest absolute Gasteiger partial charge is 0.467 e. The lowest BCUT2D eigenvalue weighted by Gasteiger charge is -1.99. The quantitative estimate of drug-likeness (QED) is 0.426. The maximum Gasteiger partial charge on any atom is 0.338 e. The highest BCUT2D eigenvalue weighted by atomic mass is 16.5. The van der Waals surface area contributed by atoms with Gasteiger partial charge in [-0.05, 0) is 13.0 Å². The fourth-order valence-corrected chi connectivity index (χ4v) is 0.382. The van der Waals surface area contributed by atoms with E-state index < -0.39 is 12.1 Å². The molecule has 3 nitrogen and oxygen atoms in total. The molecule has 0 aliphatic carbocycles. The van der Waals surface area contributed by atoms with E-state index in [1.54, 1.807) is 13.0 Å². The monoisotopic (exact) mass is 130 g/mol. The summed E-state index contributed by atoms with van der Waals surface area (Å²) in [6.45, 7) is 1.71. The van der Waals surface area contributed by atoms with E-state index in [0.29, 0.717) is 0 Å². The molecule has 0 fully saturated rings. The van der Waals surface area contributed by atoms with Gasteiger partial charge in [-0.25, -0.2) is 4.79 Å². The van der Waals surface area contributed by atoms with Crippen LogP contribution in [0.5, 0.6) is 0 Å². The number of ether oxygens (including phenoxy) is 1. The zero-order valence-corrected chi connectivity index (χ0v) is 5.50. The molecule has 0 spiro atoms. The van der Waals surface area contributed by atoms with Gasteiger partial charge in [-0.3, -0.25) is 0 Å². The molecule has 0 saturated carbocycles. The first-order chi connectivity index (χ1) is 4.22. The van der Waals surface area contributed by atoms with E-state index in [1.807, 2.05) is 0 Å². The van der Waals surface area contributed by atoms with E-state index in [9.17, 15) is 4.79 Å². The number of esters is 1. The van der Waals surface area contributed by atoms with Gasteiger partial charge in [-0.15, -0.1) is 0 Å². The van der Waals surface area contributed by atoms with E-state index in [4.69, 9.17) is 5.11 Å². The zero-order valence-electron chi connectivity index (χ0n) is 5.50. The second-order valence-corrected chi connectivity index (χ2v) is 1.49. The van der Waals surface area contributed by atoms with Crippen molar-refractivity contribution in [2.75, 3.05) is 7.11 Å². The summed E-state index contributed by atoms with van der Waals surface area (Å²) >= 11 is 0. The number of carbonyl (C=O) groups excluding carboxylic acids is 1. The summed E-state index contributed by atoms with van der Waals surface area (Å²) in [6.07, 6.45) is 1.83. The van der Waals surface area contributed by atoms with Crippen molar-refractivity contribution in [2.24, 2.45) is 0 Å². The molecule has 3 heteroatoms. The lowest BCUT2D eigenvalue weighted by Crippen LogP contribution is -2.18. The Hall–Kier alpha value is -0.830. The molecule has 0 aromatic carbocycles. The van der Waals surface area contributed by atoms with Crippen molar-refractivity contribution in [1.82, 2.24) is 0 Å². The molecule has 0 aromatic rings. The van der Waals surface area contributed by atoms with Gasteiger partial charge in [0, 0.05) is 0 Å². The SMILES string of the molecule is C/C=C/[C@@H](O)C(=O)OC. The number of aliphatic hydroxyl groups excluding tert-OH is 1. The molecule has 0 aliphatic rings. The number of aliphatic hydroxyl groups is 1. The maximum absolute atomic E-state index is 10.4. The van der Waals surface area contributed by atoms with Gasteiger partial charge in [0.2, 0.25) is 0 Å². The number of rotatable bonds is 2. The molecule has 0 aliphatic heterocycles. The van der Waals surface area contributed by atoms with Gasteiger partial charge in [0.25, 0.3) is 0 Å². The summed E-state index contributed by atoms with van der Waals surface area (Å²) in [5, 5.41) is 8.76. The van der Waals surface area contributed by atoms with Gasteiger partial charge in [-0.1, -0.05) is 6.08 Å². The highest BCUT2D eigenvalue weighted by molar-refractivity contribution is 5.76. The minimum absolute atomic E-state index is 0.631. The molecule has 1 atom stereocenters. The average Bonchev–Trinajstić information content (AvgIpc) is 1.87. The molecule has 0 saturated heterocycles. The van der Waals surface area contributed by atoms with Crippen LogP contribution in [-0.2, 0) is 9.53 Å². The summed E-state index contributed by atoms with van der Waals surface area (Å²) in [4.78, 5) is 10.4. The van der Waals surface area contributed by atoms with Crippen molar-refractivity contribution in [3.8, 4) is 0 Å². The Bertz CT molecular complexity index is 117. The molecular weight excluding hydrogens is 120 g/mol. The Labute approximate surface area is 53.9 Å². The second-order valence-electron chi connectivity index (χ2n) is 1.49. The fourth-order valence-electron chi connectivity index (χ4n) is 0.382. The molecule has 0 unspecified atom stereocenters.